The third-order valence-electron chi connectivity index (χ3n) is 4.12. The van der Waals surface area contributed by atoms with Crippen LogP contribution < -0.4 is 15.4 Å². The third kappa shape index (κ3) is 4.14. The highest BCUT2D eigenvalue weighted by Crippen LogP contribution is 2.19. The Balaban J connectivity index is 1.57. The summed E-state index contributed by atoms with van der Waals surface area (Å²) in [6.45, 7) is 4.46. The van der Waals surface area contributed by atoms with E-state index in [4.69, 9.17) is 22.1 Å². The Kier molecular flexibility index (Phi) is 5.28. The summed E-state index contributed by atoms with van der Waals surface area (Å²) in [5.41, 5.74) is 5.53. The molecule has 1 fully saturated rings. The average molecular weight is 365 g/mol. The maximum Gasteiger partial charge on any atom is 0.263 e. The molecule has 134 valence electrons. The molecule has 0 radical (unpaired) electrons. The first-order valence-electron chi connectivity index (χ1n) is 8.20. The van der Waals surface area contributed by atoms with Crippen LogP contribution in [-0.2, 0) is 4.79 Å². The van der Waals surface area contributed by atoms with Crippen molar-refractivity contribution < 1.29 is 9.53 Å². The van der Waals surface area contributed by atoms with Crippen LogP contribution in [0, 0.1) is 0 Å². The van der Waals surface area contributed by atoms with Crippen LogP contribution in [0.1, 0.15) is 13.3 Å². The summed E-state index contributed by atoms with van der Waals surface area (Å²) in [6, 6.07) is 7.03. The lowest BCUT2D eigenvalue weighted by Crippen LogP contribution is -2.52. The number of hydrogen-bond donors (Lipinski definition) is 2. The van der Waals surface area contributed by atoms with Gasteiger partial charge in [0.05, 0.1) is 0 Å². The predicted molar refractivity (Wildman–Crippen MR) is 95.7 cm³/mol. The number of nitrogen functional groups attached to an aromatic ring is 1. The highest BCUT2D eigenvalue weighted by Gasteiger charge is 2.28. The van der Waals surface area contributed by atoms with E-state index in [1.165, 1.54) is 0 Å². The second-order valence-electron chi connectivity index (χ2n) is 5.80. The van der Waals surface area contributed by atoms with Crippen molar-refractivity contribution >= 4 is 29.4 Å². The van der Waals surface area contributed by atoms with E-state index in [9.17, 15) is 4.79 Å². The van der Waals surface area contributed by atoms with Crippen molar-refractivity contribution in [2.75, 3.05) is 36.8 Å². The number of hydrogen-bond acceptors (Lipinski definition) is 6. The van der Waals surface area contributed by atoms with E-state index in [0.717, 1.165) is 0 Å². The lowest BCUT2D eigenvalue weighted by Gasteiger charge is -2.35. The average Bonchev–Trinajstić information content (AvgIpc) is 3.07. The molecule has 8 nitrogen and oxygen atoms in total. The maximum absolute atomic E-state index is 12.7. The molecular weight excluding hydrogens is 344 g/mol. The molecule has 1 aromatic heterocycles. The second-order valence-corrected chi connectivity index (χ2v) is 6.23. The van der Waals surface area contributed by atoms with E-state index in [1.807, 2.05) is 16.7 Å². The zero-order valence-electron chi connectivity index (χ0n) is 14.0. The molecule has 1 aliphatic rings. The lowest BCUT2D eigenvalue weighted by atomic mass is 10.2. The number of nitrogens with two attached hydrogens (primary N) is 1. The van der Waals surface area contributed by atoms with E-state index in [1.54, 1.807) is 24.3 Å². The molecule has 1 aliphatic heterocycles. The normalized spacial score (nSPS) is 15.9. The Labute approximate surface area is 150 Å². The number of aromatic amines is 1. The van der Waals surface area contributed by atoms with Crippen molar-refractivity contribution in [3.8, 4) is 5.75 Å². The van der Waals surface area contributed by atoms with Crippen LogP contribution in [-0.4, -0.2) is 58.3 Å². The van der Waals surface area contributed by atoms with Crippen molar-refractivity contribution in [1.29, 1.82) is 0 Å². The van der Waals surface area contributed by atoms with Gasteiger partial charge in [-0.1, -0.05) is 18.5 Å². The number of piperazine rings is 1. The molecule has 3 rings (SSSR count). The summed E-state index contributed by atoms with van der Waals surface area (Å²) in [4.78, 5) is 20.7. The number of rotatable bonds is 5. The largest absolute Gasteiger partial charge is 0.481 e. The summed E-state index contributed by atoms with van der Waals surface area (Å²) < 4.78 is 5.84. The number of H-pyrrole nitrogens is 1. The van der Waals surface area contributed by atoms with Gasteiger partial charge in [0.1, 0.15) is 5.75 Å². The number of ether oxygens (including phenoxy) is 1. The van der Waals surface area contributed by atoms with Crippen LogP contribution in [0.15, 0.2) is 24.3 Å². The van der Waals surface area contributed by atoms with Crippen LogP contribution in [0.25, 0.3) is 0 Å². The number of aromatic nitrogens is 3. The highest BCUT2D eigenvalue weighted by atomic mass is 35.5. The van der Waals surface area contributed by atoms with Crippen LogP contribution >= 0.6 is 11.6 Å². The Hall–Kier alpha value is -2.48. The van der Waals surface area contributed by atoms with Crippen molar-refractivity contribution in [2.45, 2.75) is 19.4 Å². The molecule has 1 amide bonds. The zero-order chi connectivity index (χ0) is 17.8. The number of benzene rings is 1. The van der Waals surface area contributed by atoms with Gasteiger partial charge in [0, 0.05) is 31.2 Å². The smallest absolute Gasteiger partial charge is 0.263 e. The van der Waals surface area contributed by atoms with Gasteiger partial charge in [-0.2, -0.15) is 4.98 Å². The fourth-order valence-corrected chi connectivity index (χ4v) is 2.86. The number of nitrogens with one attached hydrogen (secondary N) is 1. The SMILES string of the molecule is CCC(Oc1ccc(Cl)cc1)C(=O)N1CCN(c2nc(N)n[nH]2)CC1. The molecule has 1 unspecified atom stereocenters. The first kappa shape index (κ1) is 17.3. The maximum atomic E-state index is 12.7. The van der Waals surface area contributed by atoms with Gasteiger partial charge in [-0.25, -0.2) is 5.10 Å². The van der Waals surface area contributed by atoms with Gasteiger partial charge in [-0.3, -0.25) is 4.79 Å². The fourth-order valence-electron chi connectivity index (χ4n) is 2.74. The number of carbonyl (C=O) groups excluding carboxylic acids is 1. The first-order valence-corrected chi connectivity index (χ1v) is 8.58. The Morgan fingerprint density at radius 2 is 2.00 bits per heavy atom. The summed E-state index contributed by atoms with van der Waals surface area (Å²) in [7, 11) is 0. The minimum atomic E-state index is -0.506. The molecule has 2 heterocycles. The molecule has 0 aliphatic carbocycles. The van der Waals surface area contributed by atoms with Crippen molar-refractivity contribution in [1.82, 2.24) is 20.1 Å². The Bertz CT molecular complexity index is 712. The van der Waals surface area contributed by atoms with Gasteiger partial charge in [-0.05, 0) is 30.7 Å². The molecule has 1 aromatic carbocycles. The number of halogens is 1. The summed E-state index contributed by atoms with van der Waals surface area (Å²) in [5, 5.41) is 7.26. The Morgan fingerprint density at radius 1 is 1.32 bits per heavy atom. The summed E-state index contributed by atoms with van der Waals surface area (Å²) in [6.07, 6.45) is 0.0917. The number of carbonyl (C=O) groups is 1. The summed E-state index contributed by atoms with van der Waals surface area (Å²) in [5.74, 6) is 1.49. The van der Waals surface area contributed by atoms with E-state index < -0.39 is 6.10 Å². The van der Waals surface area contributed by atoms with E-state index in [-0.39, 0.29) is 11.9 Å². The quantitative estimate of drug-likeness (QED) is 0.834. The second kappa shape index (κ2) is 7.60. The predicted octanol–water partition coefficient (Wildman–Crippen LogP) is 1.55. The van der Waals surface area contributed by atoms with Crippen molar-refractivity contribution in [2.24, 2.45) is 0 Å². The molecule has 25 heavy (non-hydrogen) atoms. The molecule has 0 bridgehead atoms. The van der Waals surface area contributed by atoms with Crippen molar-refractivity contribution in [3.63, 3.8) is 0 Å². The standard InChI is InChI=1S/C16H21ClN6O2/c1-2-13(25-12-5-3-11(17)4-6-12)14(24)22-7-9-23(10-8-22)16-19-15(18)20-21-16/h3-6,13H,2,7-10H2,1H3,(H3,18,19,20,21). The van der Waals surface area contributed by atoms with Crippen LogP contribution in [0.2, 0.25) is 5.02 Å². The van der Waals surface area contributed by atoms with Crippen LogP contribution in [0.3, 0.4) is 0 Å². The van der Waals surface area contributed by atoms with E-state index in [2.05, 4.69) is 15.2 Å². The molecule has 2 aromatic rings. The summed E-state index contributed by atoms with van der Waals surface area (Å²) >= 11 is 5.88. The van der Waals surface area contributed by atoms with Crippen LogP contribution in [0.5, 0.6) is 5.75 Å². The zero-order valence-corrected chi connectivity index (χ0v) is 14.7. The minimum Gasteiger partial charge on any atom is -0.481 e. The topological polar surface area (TPSA) is 100 Å². The number of anilines is 2. The van der Waals surface area contributed by atoms with Gasteiger partial charge < -0.3 is 20.3 Å². The molecule has 0 saturated carbocycles. The minimum absolute atomic E-state index is 0.00539. The van der Waals surface area contributed by atoms with Gasteiger partial charge >= 0.3 is 0 Å². The molecule has 1 saturated heterocycles. The van der Waals surface area contributed by atoms with Gasteiger partial charge in [0.25, 0.3) is 5.91 Å². The van der Waals surface area contributed by atoms with Gasteiger partial charge in [0.15, 0.2) is 6.10 Å². The molecule has 3 N–H and O–H groups in total. The van der Waals surface area contributed by atoms with E-state index >= 15 is 0 Å². The van der Waals surface area contributed by atoms with Gasteiger partial charge in [0.2, 0.25) is 11.9 Å². The van der Waals surface area contributed by atoms with Crippen LogP contribution in [0.4, 0.5) is 11.9 Å². The number of nitrogens with zero attached hydrogens (tertiary/aromatic N) is 4. The monoisotopic (exact) mass is 364 g/mol. The lowest BCUT2D eigenvalue weighted by molar-refractivity contribution is -0.139. The number of amides is 1. The Morgan fingerprint density at radius 3 is 2.56 bits per heavy atom. The fraction of sp³-hybridized carbons (Fsp3) is 0.438. The highest BCUT2D eigenvalue weighted by molar-refractivity contribution is 6.30. The first-order chi connectivity index (χ1) is 12.1. The molecular formula is C16H21ClN6O2. The molecule has 0 spiro atoms. The van der Waals surface area contributed by atoms with Crippen molar-refractivity contribution in [3.05, 3.63) is 29.3 Å². The third-order valence-corrected chi connectivity index (χ3v) is 4.37. The van der Waals surface area contributed by atoms with E-state index in [0.29, 0.717) is 49.3 Å². The molecule has 1 atom stereocenters. The van der Waals surface area contributed by atoms with Gasteiger partial charge in [-0.15, -0.1) is 5.10 Å². The molecule has 9 heteroatoms.